The first-order valence-electron chi connectivity index (χ1n) is 7.06. The van der Waals surface area contributed by atoms with Crippen LogP contribution in [0.3, 0.4) is 0 Å². The largest absolute Gasteiger partial charge is 0.478 e. The van der Waals surface area contributed by atoms with Crippen molar-refractivity contribution < 1.29 is 14.7 Å². The number of carboxylic acid groups (broad SMARTS) is 1. The van der Waals surface area contributed by atoms with E-state index >= 15 is 0 Å². The summed E-state index contributed by atoms with van der Waals surface area (Å²) in [5.41, 5.74) is 0.976. The van der Waals surface area contributed by atoms with Gasteiger partial charge in [0.25, 0.3) is 0 Å². The molecule has 2 N–H and O–H groups in total. The molecule has 0 aliphatic carbocycles. The van der Waals surface area contributed by atoms with E-state index in [4.69, 9.17) is 5.11 Å². The van der Waals surface area contributed by atoms with Gasteiger partial charge in [-0.2, -0.15) is 0 Å². The second-order valence-electron chi connectivity index (χ2n) is 5.29. The maximum absolute atomic E-state index is 11.9. The van der Waals surface area contributed by atoms with E-state index in [0.717, 1.165) is 6.42 Å². The van der Waals surface area contributed by atoms with Crippen LogP contribution in [0.4, 0.5) is 0 Å². The Morgan fingerprint density at radius 2 is 1.90 bits per heavy atom. The molecule has 0 fully saturated rings. The van der Waals surface area contributed by atoms with Crippen molar-refractivity contribution in [3.8, 4) is 0 Å². The van der Waals surface area contributed by atoms with Crippen molar-refractivity contribution in [2.24, 2.45) is 5.92 Å². The van der Waals surface area contributed by atoms with E-state index in [9.17, 15) is 9.59 Å². The Balaban J connectivity index is 2.59. The van der Waals surface area contributed by atoms with Gasteiger partial charge in [-0.25, -0.2) is 4.79 Å². The Labute approximate surface area is 120 Å². The topological polar surface area (TPSA) is 66.4 Å². The summed E-state index contributed by atoms with van der Waals surface area (Å²) in [6, 6.07) is 6.99. The van der Waals surface area contributed by atoms with E-state index in [2.05, 4.69) is 19.2 Å². The first kappa shape index (κ1) is 16.2. The lowest BCUT2D eigenvalue weighted by Gasteiger charge is -2.20. The molecule has 0 saturated carbocycles. The van der Waals surface area contributed by atoms with Crippen molar-refractivity contribution in [2.75, 3.05) is 0 Å². The molecule has 1 amide bonds. The van der Waals surface area contributed by atoms with Crippen LogP contribution in [0, 0.1) is 5.92 Å². The molecule has 4 heteroatoms. The molecule has 20 heavy (non-hydrogen) atoms. The van der Waals surface area contributed by atoms with Crippen LogP contribution in [-0.4, -0.2) is 23.0 Å². The van der Waals surface area contributed by atoms with Crippen molar-refractivity contribution in [3.05, 3.63) is 35.4 Å². The van der Waals surface area contributed by atoms with Gasteiger partial charge in [0.05, 0.1) is 5.56 Å². The fourth-order valence-corrected chi connectivity index (χ4v) is 2.21. The van der Waals surface area contributed by atoms with Gasteiger partial charge < -0.3 is 10.4 Å². The van der Waals surface area contributed by atoms with Crippen LogP contribution in [0.15, 0.2) is 24.3 Å². The fourth-order valence-electron chi connectivity index (χ4n) is 2.21. The number of rotatable bonds is 7. The minimum Gasteiger partial charge on any atom is -0.478 e. The summed E-state index contributed by atoms with van der Waals surface area (Å²) in [6.07, 6.45) is 1.66. The summed E-state index contributed by atoms with van der Waals surface area (Å²) in [6.45, 7) is 6.20. The summed E-state index contributed by atoms with van der Waals surface area (Å²) < 4.78 is 0. The van der Waals surface area contributed by atoms with Crippen LogP contribution in [0.25, 0.3) is 0 Å². The average Bonchev–Trinajstić information content (AvgIpc) is 2.42. The Hall–Kier alpha value is -1.84. The van der Waals surface area contributed by atoms with Crippen molar-refractivity contribution in [1.29, 1.82) is 0 Å². The summed E-state index contributed by atoms with van der Waals surface area (Å²) in [5.74, 6) is -0.573. The van der Waals surface area contributed by atoms with E-state index in [1.54, 1.807) is 24.3 Å². The van der Waals surface area contributed by atoms with E-state index in [1.165, 1.54) is 0 Å². The molecule has 0 heterocycles. The standard InChI is InChI=1S/C16H23NO3/c1-4-14(11(2)3)17-15(18)10-9-12-7-5-6-8-13(12)16(19)20/h5-8,11,14H,4,9-10H2,1-3H3,(H,17,18)(H,19,20). The number of amides is 1. The number of aryl methyl sites for hydroxylation is 1. The molecule has 0 spiro atoms. The van der Waals surface area contributed by atoms with Crippen molar-refractivity contribution >= 4 is 11.9 Å². The molecule has 1 atom stereocenters. The lowest BCUT2D eigenvalue weighted by atomic mass is 10.0. The molecule has 110 valence electrons. The summed E-state index contributed by atoms with van der Waals surface area (Å²) in [5, 5.41) is 12.1. The molecule has 0 aliphatic rings. The molecule has 0 saturated heterocycles. The molecular formula is C16H23NO3. The van der Waals surface area contributed by atoms with Gasteiger partial charge in [0.1, 0.15) is 0 Å². The lowest BCUT2D eigenvalue weighted by Crippen LogP contribution is -2.38. The molecule has 0 aromatic heterocycles. The van der Waals surface area contributed by atoms with Gasteiger partial charge >= 0.3 is 5.97 Å². The number of carboxylic acids is 1. The third-order valence-electron chi connectivity index (χ3n) is 3.46. The molecule has 4 nitrogen and oxygen atoms in total. The monoisotopic (exact) mass is 277 g/mol. The second kappa shape index (κ2) is 7.68. The molecule has 0 bridgehead atoms. The summed E-state index contributed by atoms with van der Waals surface area (Å²) in [4.78, 5) is 23.0. The third-order valence-corrected chi connectivity index (χ3v) is 3.46. The van der Waals surface area contributed by atoms with Crippen molar-refractivity contribution in [2.45, 2.75) is 46.1 Å². The molecule has 0 aliphatic heterocycles. The van der Waals surface area contributed by atoms with E-state index in [1.807, 2.05) is 6.92 Å². The van der Waals surface area contributed by atoms with Crippen molar-refractivity contribution in [1.82, 2.24) is 5.32 Å². The normalized spacial score (nSPS) is 12.2. The Morgan fingerprint density at radius 1 is 1.25 bits per heavy atom. The highest BCUT2D eigenvalue weighted by Crippen LogP contribution is 2.12. The Bertz CT molecular complexity index is 469. The predicted molar refractivity (Wildman–Crippen MR) is 78.8 cm³/mol. The highest BCUT2D eigenvalue weighted by atomic mass is 16.4. The van der Waals surface area contributed by atoms with E-state index in [-0.39, 0.29) is 17.5 Å². The third kappa shape index (κ3) is 4.68. The molecular weight excluding hydrogens is 254 g/mol. The van der Waals surface area contributed by atoms with Crippen LogP contribution in [0.1, 0.15) is 49.5 Å². The number of hydrogen-bond acceptors (Lipinski definition) is 2. The van der Waals surface area contributed by atoms with Crippen molar-refractivity contribution in [3.63, 3.8) is 0 Å². The number of aromatic carboxylic acids is 1. The van der Waals surface area contributed by atoms with Gasteiger partial charge in [0.2, 0.25) is 5.91 Å². The van der Waals surface area contributed by atoms with Gasteiger partial charge in [-0.15, -0.1) is 0 Å². The molecule has 0 radical (unpaired) electrons. The van der Waals surface area contributed by atoms with Crippen LogP contribution in [0.2, 0.25) is 0 Å². The average molecular weight is 277 g/mol. The molecule has 1 aromatic carbocycles. The number of hydrogen-bond donors (Lipinski definition) is 2. The minimum absolute atomic E-state index is 0.0225. The van der Waals surface area contributed by atoms with Crippen LogP contribution < -0.4 is 5.32 Å². The number of carbonyl (C=O) groups excluding carboxylic acids is 1. The first-order chi connectivity index (χ1) is 9.45. The Kier molecular flexibility index (Phi) is 6.22. The number of nitrogens with one attached hydrogen (secondary N) is 1. The lowest BCUT2D eigenvalue weighted by molar-refractivity contribution is -0.122. The quantitative estimate of drug-likeness (QED) is 0.805. The van der Waals surface area contributed by atoms with Crippen LogP contribution in [-0.2, 0) is 11.2 Å². The van der Waals surface area contributed by atoms with E-state index < -0.39 is 5.97 Å². The maximum Gasteiger partial charge on any atom is 0.335 e. The van der Waals surface area contributed by atoms with Gasteiger partial charge in [0, 0.05) is 12.5 Å². The maximum atomic E-state index is 11.9. The Morgan fingerprint density at radius 3 is 2.45 bits per heavy atom. The van der Waals surface area contributed by atoms with Gasteiger partial charge in [-0.1, -0.05) is 39.0 Å². The zero-order chi connectivity index (χ0) is 15.1. The molecule has 1 unspecified atom stereocenters. The van der Waals surface area contributed by atoms with Crippen LogP contribution >= 0.6 is 0 Å². The fraction of sp³-hybridized carbons (Fsp3) is 0.500. The number of benzene rings is 1. The van der Waals surface area contributed by atoms with Gasteiger partial charge in [0.15, 0.2) is 0 Å². The zero-order valence-electron chi connectivity index (χ0n) is 12.3. The first-order valence-corrected chi connectivity index (χ1v) is 7.06. The van der Waals surface area contributed by atoms with Gasteiger partial charge in [-0.3, -0.25) is 4.79 Å². The predicted octanol–water partition coefficient (Wildman–Crippen LogP) is 2.87. The minimum atomic E-state index is -0.949. The summed E-state index contributed by atoms with van der Waals surface area (Å²) >= 11 is 0. The van der Waals surface area contributed by atoms with Gasteiger partial charge in [-0.05, 0) is 30.4 Å². The van der Waals surface area contributed by atoms with Crippen LogP contribution in [0.5, 0.6) is 0 Å². The smallest absolute Gasteiger partial charge is 0.335 e. The second-order valence-corrected chi connectivity index (χ2v) is 5.29. The number of carbonyl (C=O) groups is 2. The zero-order valence-corrected chi connectivity index (χ0v) is 12.3. The summed E-state index contributed by atoms with van der Waals surface area (Å²) in [7, 11) is 0. The molecule has 1 aromatic rings. The highest BCUT2D eigenvalue weighted by molar-refractivity contribution is 5.89. The highest BCUT2D eigenvalue weighted by Gasteiger charge is 2.15. The van der Waals surface area contributed by atoms with E-state index in [0.29, 0.717) is 24.3 Å². The SMILES string of the molecule is CCC(NC(=O)CCc1ccccc1C(=O)O)C(C)C. The molecule has 1 rings (SSSR count).